The number of hydrogen-bond acceptors (Lipinski definition) is 8. The van der Waals surface area contributed by atoms with Gasteiger partial charge in [-0.3, -0.25) is 19.3 Å². The number of phenols is 1. The van der Waals surface area contributed by atoms with E-state index in [1.165, 1.54) is 24.1 Å². The molecule has 10 nitrogen and oxygen atoms in total. The number of amides is 1. The number of aromatic hydroxyl groups is 1. The van der Waals surface area contributed by atoms with Crippen LogP contribution in [0, 0.1) is 11.8 Å². The Labute approximate surface area is 306 Å². The lowest BCUT2D eigenvalue weighted by Crippen LogP contribution is -2.53. The van der Waals surface area contributed by atoms with Crippen LogP contribution >= 0.6 is 0 Å². The van der Waals surface area contributed by atoms with Gasteiger partial charge in [0.15, 0.2) is 0 Å². The van der Waals surface area contributed by atoms with Gasteiger partial charge in [0.1, 0.15) is 11.9 Å². The normalized spacial score (nSPS) is 23.8. The molecule has 1 aliphatic carbocycles. The van der Waals surface area contributed by atoms with E-state index in [2.05, 4.69) is 39.5 Å². The number of nitrogens with one attached hydrogen (secondary N) is 2. The number of carbonyl (C=O) groups excluding carboxylic acids is 2. The van der Waals surface area contributed by atoms with Crippen LogP contribution in [0.1, 0.15) is 99.8 Å². The molecule has 2 bridgehead atoms. The number of phenolic OH excluding ortho intramolecular Hbond substituents is 1. The fraction of sp³-hybridized carbons (Fsp3) is 0.595. The van der Waals surface area contributed by atoms with Crippen LogP contribution in [0.3, 0.4) is 0 Å². The molecule has 1 aromatic heterocycles. The minimum atomic E-state index is -0.777. The van der Waals surface area contributed by atoms with Gasteiger partial charge in [-0.05, 0) is 118 Å². The van der Waals surface area contributed by atoms with E-state index in [4.69, 9.17) is 4.74 Å². The molecule has 3 aromatic rings. The number of H-pyrrole nitrogens is 1. The molecule has 5 heterocycles. The first-order valence-electron chi connectivity index (χ1n) is 19.8. The SMILES string of the molecule is O=C(CCCc1cccc(C2(C(=O)O[C@H]3CN4CCC3CC4)CCCCC2)c1)N1CCC(CCNC[C@@H](O)c2ccc(O)c3[nH]c(=O)ccc23)CC1. The summed E-state index contributed by atoms with van der Waals surface area (Å²) in [6, 6.07) is 14.8. The monoisotopic (exact) mass is 712 g/mol. The minimum absolute atomic E-state index is 0.0163. The van der Waals surface area contributed by atoms with Crippen LogP contribution < -0.4 is 10.9 Å². The van der Waals surface area contributed by atoms with Crippen LogP contribution in [0.15, 0.2) is 53.3 Å². The van der Waals surface area contributed by atoms with Crippen molar-refractivity contribution >= 4 is 22.8 Å². The molecule has 280 valence electrons. The molecule has 5 aliphatic rings. The fourth-order valence-electron chi connectivity index (χ4n) is 9.36. The zero-order valence-electron chi connectivity index (χ0n) is 30.5. The van der Waals surface area contributed by atoms with Crippen molar-refractivity contribution in [3.05, 3.63) is 75.6 Å². The molecule has 2 atom stereocenters. The maximum Gasteiger partial charge on any atom is 0.316 e. The summed E-state index contributed by atoms with van der Waals surface area (Å²) in [5.74, 6) is 1.22. The van der Waals surface area contributed by atoms with Crippen molar-refractivity contribution in [2.75, 3.05) is 45.8 Å². The van der Waals surface area contributed by atoms with Crippen molar-refractivity contribution in [3.63, 3.8) is 0 Å². The molecular formula is C42H56N4O6. The van der Waals surface area contributed by atoms with Gasteiger partial charge >= 0.3 is 5.97 Å². The van der Waals surface area contributed by atoms with E-state index in [1.54, 1.807) is 12.1 Å². The van der Waals surface area contributed by atoms with Crippen molar-refractivity contribution in [2.24, 2.45) is 11.8 Å². The molecule has 8 rings (SSSR count). The van der Waals surface area contributed by atoms with Gasteiger partial charge < -0.3 is 30.2 Å². The first-order valence-corrected chi connectivity index (χ1v) is 19.8. The van der Waals surface area contributed by atoms with Crippen LogP contribution in [-0.2, 0) is 26.2 Å². The highest BCUT2D eigenvalue weighted by Gasteiger charge is 2.46. The van der Waals surface area contributed by atoms with Crippen molar-refractivity contribution in [3.8, 4) is 5.75 Å². The molecular weight excluding hydrogens is 656 g/mol. The van der Waals surface area contributed by atoms with Gasteiger partial charge in [0.25, 0.3) is 0 Å². The number of nitrogens with zero attached hydrogens (tertiary/aromatic N) is 2. The summed E-state index contributed by atoms with van der Waals surface area (Å²) >= 11 is 0. The van der Waals surface area contributed by atoms with Gasteiger partial charge in [-0.15, -0.1) is 0 Å². The average molecular weight is 713 g/mol. The Kier molecular flexibility index (Phi) is 11.6. The summed E-state index contributed by atoms with van der Waals surface area (Å²) in [6.45, 7) is 5.84. The Bertz CT molecular complexity index is 1750. The van der Waals surface area contributed by atoms with Gasteiger partial charge in [-0.25, -0.2) is 0 Å². The number of esters is 1. The Morgan fingerprint density at radius 1 is 0.981 bits per heavy atom. The third-order valence-electron chi connectivity index (χ3n) is 12.6. The number of rotatable bonds is 13. The van der Waals surface area contributed by atoms with E-state index >= 15 is 0 Å². The lowest BCUT2D eigenvalue weighted by atomic mass is 9.69. The highest BCUT2D eigenvalue weighted by atomic mass is 16.5. The molecule has 52 heavy (non-hydrogen) atoms. The smallest absolute Gasteiger partial charge is 0.316 e. The molecule has 4 N–H and O–H groups in total. The van der Waals surface area contributed by atoms with Gasteiger partial charge in [0.2, 0.25) is 11.5 Å². The third-order valence-corrected chi connectivity index (χ3v) is 12.6. The van der Waals surface area contributed by atoms with Crippen LogP contribution in [-0.4, -0.2) is 88.8 Å². The van der Waals surface area contributed by atoms with Gasteiger partial charge in [-0.2, -0.15) is 0 Å². The highest BCUT2D eigenvalue weighted by Crippen LogP contribution is 2.42. The Morgan fingerprint density at radius 2 is 1.77 bits per heavy atom. The predicted molar refractivity (Wildman–Crippen MR) is 201 cm³/mol. The number of carbonyl (C=O) groups is 2. The van der Waals surface area contributed by atoms with Gasteiger partial charge in [0, 0.05) is 44.1 Å². The molecule has 4 saturated heterocycles. The van der Waals surface area contributed by atoms with Crippen LogP contribution in [0.4, 0.5) is 0 Å². The topological polar surface area (TPSA) is 135 Å². The van der Waals surface area contributed by atoms with E-state index in [-0.39, 0.29) is 29.3 Å². The number of aliphatic hydroxyl groups is 1. The molecule has 0 unspecified atom stereocenters. The van der Waals surface area contributed by atoms with Gasteiger partial charge in [-0.1, -0.05) is 49.6 Å². The van der Waals surface area contributed by atoms with Crippen molar-refractivity contribution < 1.29 is 24.5 Å². The summed E-state index contributed by atoms with van der Waals surface area (Å²) in [5.41, 5.74) is 2.42. The maximum absolute atomic E-state index is 14.0. The zero-order valence-corrected chi connectivity index (χ0v) is 30.5. The molecule has 10 heteroatoms. The molecule has 1 amide bonds. The molecule has 5 fully saturated rings. The Balaban J connectivity index is 0.838. The number of likely N-dealkylation sites (tertiary alicyclic amines) is 1. The molecule has 4 aliphatic heterocycles. The number of hydrogen-bond donors (Lipinski definition) is 4. The number of aromatic amines is 1. The van der Waals surface area contributed by atoms with Crippen molar-refractivity contribution in [1.82, 2.24) is 20.1 Å². The summed E-state index contributed by atoms with van der Waals surface area (Å²) in [6.07, 6.45) is 11.6. The first kappa shape index (κ1) is 36.6. The van der Waals surface area contributed by atoms with Crippen molar-refractivity contribution in [1.29, 1.82) is 0 Å². The number of ether oxygens (including phenoxy) is 1. The average Bonchev–Trinajstić information content (AvgIpc) is 3.18. The van der Waals surface area contributed by atoms with Gasteiger partial charge in [0.05, 0.1) is 17.0 Å². The second kappa shape index (κ2) is 16.5. The van der Waals surface area contributed by atoms with Crippen molar-refractivity contribution in [2.45, 2.75) is 101 Å². The van der Waals surface area contributed by atoms with Crippen LogP contribution in [0.2, 0.25) is 0 Å². The van der Waals surface area contributed by atoms with Crippen LogP contribution in [0.5, 0.6) is 5.75 Å². The molecule has 0 spiro atoms. The highest BCUT2D eigenvalue weighted by molar-refractivity contribution is 5.87. The summed E-state index contributed by atoms with van der Waals surface area (Å²) in [7, 11) is 0. The number of benzene rings is 2. The maximum atomic E-state index is 14.0. The van der Waals surface area contributed by atoms with E-state index in [1.807, 2.05) is 4.90 Å². The Morgan fingerprint density at radius 3 is 2.52 bits per heavy atom. The number of aryl methyl sites for hydroxylation is 1. The number of pyridine rings is 1. The third kappa shape index (κ3) is 8.24. The minimum Gasteiger partial charge on any atom is -0.506 e. The summed E-state index contributed by atoms with van der Waals surface area (Å²) in [5, 5.41) is 24.9. The lowest BCUT2D eigenvalue weighted by molar-refractivity contribution is -0.167. The van der Waals surface area contributed by atoms with E-state index in [0.29, 0.717) is 41.3 Å². The van der Waals surface area contributed by atoms with E-state index in [9.17, 15) is 24.6 Å². The zero-order chi connectivity index (χ0) is 36.1. The molecule has 0 radical (unpaired) electrons. The fourth-order valence-corrected chi connectivity index (χ4v) is 9.36. The quantitative estimate of drug-likeness (QED) is 0.138. The number of aromatic nitrogens is 1. The standard InChI is InChI=1S/C42H56N4O6/c47-35-12-10-33(34-11-13-38(49)44-40(34)35)36(48)27-43-21-14-29-15-24-46(25-16-29)39(50)9-5-7-30-6-4-8-32(26-30)42(19-2-1-3-20-42)41(51)52-37-28-45-22-17-31(37)18-23-45/h4,6,8,10-13,26,29,31,36-37,43,47-48H,1-3,5,7,9,14-25,27-28H2,(H,44,49)/t36-,37+/m1/s1. The summed E-state index contributed by atoms with van der Waals surface area (Å²) < 4.78 is 6.36. The van der Waals surface area contributed by atoms with Crippen LogP contribution in [0.25, 0.3) is 10.9 Å². The first-order chi connectivity index (χ1) is 25.3. The predicted octanol–water partition coefficient (Wildman–Crippen LogP) is 5.35. The number of piperidine rings is 4. The number of fused-ring (bicyclic) bond motifs is 4. The van der Waals surface area contributed by atoms with E-state index in [0.717, 1.165) is 115 Å². The number of aliphatic hydroxyl groups excluding tert-OH is 1. The summed E-state index contributed by atoms with van der Waals surface area (Å²) in [4.78, 5) is 46.0. The molecule has 1 saturated carbocycles. The lowest BCUT2D eigenvalue weighted by Gasteiger charge is -2.45. The van der Waals surface area contributed by atoms with E-state index < -0.39 is 11.5 Å². The second-order valence-electron chi connectivity index (χ2n) is 15.9. The molecule has 2 aromatic carbocycles. The largest absolute Gasteiger partial charge is 0.506 e. The Hall–Kier alpha value is -3.73. The second-order valence-corrected chi connectivity index (χ2v) is 15.9.